The molecule has 5 heteroatoms. The molecule has 2 aromatic heterocycles. The summed E-state index contributed by atoms with van der Waals surface area (Å²) in [6.07, 6.45) is 2.67. The summed E-state index contributed by atoms with van der Waals surface area (Å²) in [7, 11) is 0. The van der Waals surface area contributed by atoms with Crippen LogP contribution in [0.4, 0.5) is 0 Å². The van der Waals surface area contributed by atoms with Gasteiger partial charge in [0.05, 0.1) is 12.5 Å². The molecule has 1 aromatic carbocycles. The maximum atomic E-state index is 11.9. The summed E-state index contributed by atoms with van der Waals surface area (Å²) in [5.41, 5.74) is 4.79. The van der Waals surface area contributed by atoms with Gasteiger partial charge in [-0.2, -0.15) is 0 Å². The molecule has 130 valence electrons. The first-order valence-corrected chi connectivity index (χ1v) is 8.66. The minimum atomic E-state index is -0.278. The summed E-state index contributed by atoms with van der Waals surface area (Å²) in [5.74, 6) is 0.494. The fraction of sp³-hybridized carbons (Fsp3) is 0.350. The molecule has 1 atom stereocenters. The molecule has 1 unspecified atom stereocenters. The quantitative estimate of drug-likeness (QED) is 0.661. The van der Waals surface area contributed by atoms with E-state index in [1.807, 2.05) is 51.2 Å². The lowest BCUT2D eigenvalue weighted by Gasteiger charge is -2.13. The van der Waals surface area contributed by atoms with Gasteiger partial charge in [0.2, 0.25) is 0 Å². The smallest absolute Gasteiger partial charge is 0.313 e. The van der Waals surface area contributed by atoms with Crippen LogP contribution in [0.25, 0.3) is 16.9 Å². The van der Waals surface area contributed by atoms with Gasteiger partial charge in [0, 0.05) is 18.3 Å². The Morgan fingerprint density at radius 2 is 1.96 bits per heavy atom. The molecule has 0 saturated carbocycles. The van der Waals surface area contributed by atoms with E-state index in [-0.39, 0.29) is 11.9 Å². The van der Waals surface area contributed by atoms with Gasteiger partial charge in [0.15, 0.2) is 5.65 Å². The first-order chi connectivity index (χ1) is 12.0. The van der Waals surface area contributed by atoms with E-state index >= 15 is 0 Å². The van der Waals surface area contributed by atoms with Crippen molar-refractivity contribution in [1.82, 2.24) is 14.5 Å². The monoisotopic (exact) mass is 337 g/mol. The third kappa shape index (κ3) is 3.27. The Balaban J connectivity index is 2.00. The fourth-order valence-corrected chi connectivity index (χ4v) is 2.94. The Morgan fingerprint density at radius 3 is 2.60 bits per heavy atom. The molecule has 25 heavy (non-hydrogen) atoms. The average Bonchev–Trinajstić information content (AvgIpc) is 2.99. The second kappa shape index (κ2) is 7.05. The number of ether oxygens (including phenoxy) is 1. The Bertz CT molecular complexity index is 897. The average molecular weight is 337 g/mol. The molecule has 0 aliphatic heterocycles. The molecule has 2 heterocycles. The van der Waals surface area contributed by atoms with E-state index in [2.05, 4.69) is 22.5 Å². The molecule has 0 amide bonds. The fourth-order valence-electron chi connectivity index (χ4n) is 2.94. The van der Waals surface area contributed by atoms with Crippen molar-refractivity contribution >= 4 is 17.1 Å². The van der Waals surface area contributed by atoms with Gasteiger partial charge in [0.25, 0.3) is 0 Å². The van der Waals surface area contributed by atoms with E-state index in [9.17, 15) is 4.79 Å². The molecular formula is C20H23N3O2. The van der Waals surface area contributed by atoms with Gasteiger partial charge in [-0.1, -0.05) is 19.1 Å². The number of carbonyl (C=O) groups is 1. The molecule has 0 aliphatic rings. The zero-order valence-corrected chi connectivity index (χ0v) is 15.1. The van der Waals surface area contributed by atoms with Crippen molar-refractivity contribution in [2.45, 2.75) is 40.0 Å². The van der Waals surface area contributed by atoms with E-state index in [1.54, 1.807) is 0 Å². The first-order valence-electron chi connectivity index (χ1n) is 8.66. The highest BCUT2D eigenvalue weighted by molar-refractivity contribution is 5.78. The summed E-state index contributed by atoms with van der Waals surface area (Å²) in [6.45, 7) is 8.18. The van der Waals surface area contributed by atoms with Crippen LogP contribution in [0.1, 0.15) is 43.6 Å². The van der Waals surface area contributed by atoms with E-state index < -0.39 is 0 Å². The van der Waals surface area contributed by atoms with Gasteiger partial charge in [0.1, 0.15) is 11.3 Å². The molecule has 0 radical (unpaired) electrons. The second-order valence-electron chi connectivity index (χ2n) is 6.14. The van der Waals surface area contributed by atoms with Crippen LogP contribution in [0.15, 0.2) is 36.5 Å². The van der Waals surface area contributed by atoms with Crippen molar-refractivity contribution in [3.63, 3.8) is 0 Å². The largest absolute Gasteiger partial charge is 0.466 e. The Labute approximate surface area is 147 Å². The van der Waals surface area contributed by atoms with Crippen LogP contribution in [0, 0.1) is 6.92 Å². The normalized spacial score (nSPS) is 12.3. The van der Waals surface area contributed by atoms with Crippen LogP contribution >= 0.6 is 0 Å². The van der Waals surface area contributed by atoms with Crippen molar-refractivity contribution in [2.24, 2.45) is 0 Å². The predicted octanol–water partition coefficient (Wildman–Crippen LogP) is 3.96. The number of hydrogen-bond donors (Lipinski definition) is 0. The molecule has 0 N–H and O–H groups in total. The molecule has 3 rings (SSSR count). The minimum absolute atomic E-state index is 0.199. The standard InChI is InChI=1S/C20H23N3O2/c1-5-18-22-17-11-13(3)12-21-19(17)23(18)16-9-7-15(8-10-16)14(4)20(24)25-6-2/h7-12,14H,5-6H2,1-4H3. The lowest BCUT2D eigenvalue weighted by Crippen LogP contribution is -2.13. The molecule has 3 aromatic rings. The van der Waals surface area contributed by atoms with Crippen molar-refractivity contribution in [2.75, 3.05) is 6.61 Å². The van der Waals surface area contributed by atoms with E-state index in [4.69, 9.17) is 9.72 Å². The van der Waals surface area contributed by atoms with Gasteiger partial charge in [-0.15, -0.1) is 0 Å². The van der Waals surface area contributed by atoms with Crippen LogP contribution in [0.2, 0.25) is 0 Å². The third-order valence-corrected chi connectivity index (χ3v) is 4.31. The van der Waals surface area contributed by atoms with Crippen LogP contribution < -0.4 is 0 Å². The highest BCUT2D eigenvalue weighted by Crippen LogP contribution is 2.24. The Morgan fingerprint density at radius 1 is 1.24 bits per heavy atom. The Kier molecular flexibility index (Phi) is 4.83. The van der Waals surface area contributed by atoms with Crippen LogP contribution in [0.5, 0.6) is 0 Å². The van der Waals surface area contributed by atoms with Gasteiger partial charge < -0.3 is 4.74 Å². The van der Waals surface area contributed by atoms with Gasteiger partial charge >= 0.3 is 5.97 Å². The molecule has 0 fully saturated rings. The molecule has 5 nitrogen and oxygen atoms in total. The van der Waals surface area contributed by atoms with Crippen LogP contribution in [0.3, 0.4) is 0 Å². The number of aromatic nitrogens is 3. The van der Waals surface area contributed by atoms with Crippen molar-refractivity contribution in [3.05, 3.63) is 53.5 Å². The van der Waals surface area contributed by atoms with Gasteiger partial charge in [-0.3, -0.25) is 9.36 Å². The van der Waals surface area contributed by atoms with Crippen LogP contribution in [-0.2, 0) is 16.0 Å². The van der Waals surface area contributed by atoms with Crippen molar-refractivity contribution in [1.29, 1.82) is 0 Å². The van der Waals surface area contributed by atoms with Crippen molar-refractivity contribution < 1.29 is 9.53 Å². The molecule has 0 spiro atoms. The predicted molar refractivity (Wildman–Crippen MR) is 98.0 cm³/mol. The molecule has 0 saturated heterocycles. The topological polar surface area (TPSA) is 57.0 Å². The van der Waals surface area contributed by atoms with Crippen molar-refractivity contribution in [3.8, 4) is 5.69 Å². The number of pyridine rings is 1. The van der Waals surface area contributed by atoms with E-state index in [0.717, 1.165) is 40.2 Å². The maximum absolute atomic E-state index is 11.9. The van der Waals surface area contributed by atoms with E-state index in [0.29, 0.717) is 6.61 Å². The van der Waals surface area contributed by atoms with Gasteiger partial charge in [-0.05, 0) is 50.1 Å². The molecule has 0 bridgehead atoms. The summed E-state index contributed by atoms with van der Waals surface area (Å²) < 4.78 is 7.18. The number of imidazole rings is 1. The lowest BCUT2D eigenvalue weighted by molar-refractivity contribution is -0.144. The number of rotatable bonds is 5. The minimum Gasteiger partial charge on any atom is -0.466 e. The summed E-state index contributed by atoms with van der Waals surface area (Å²) in [5, 5.41) is 0. The molecule has 0 aliphatic carbocycles. The number of fused-ring (bicyclic) bond motifs is 1. The number of aryl methyl sites for hydroxylation is 2. The zero-order chi connectivity index (χ0) is 18.0. The molecular weight excluding hydrogens is 314 g/mol. The summed E-state index contributed by atoms with van der Waals surface area (Å²) in [4.78, 5) is 21.2. The highest BCUT2D eigenvalue weighted by Gasteiger charge is 2.17. The Hall–Kier alpha value is -2.69. The number of nitrogens with zero attached hydrogens (tertiary/aromatic N) is 3. The number of hydrogen-bond acceptors (Lipinski definition) is 4. The first kappa shape index (κ1) is 17.1. The summed E-state index contributed by atoms with van der Waals surface area (Å²) in [6, 6.07) is 10.0. The number of carbonyl (C=O) groups excluding carboxylic acids is 1. The maximum Gasteiger partial charge on any atom is 0.313 e. The van der Waals surface area contributed by atoms with Crippen LogP contribution in [-0.4, -0.2) is 27.1 Å². The summed E-state index contributed by atoms with van der Waals surface area (Å²) >= 11 is 0. The SMILES string of the molecule is CCOC(=O)C(C)c1ccc(-n2c(CC)nc3cc(C)cnc32)cc1. The second-order valence-corrected chi connectivity index (χ2v) is 6.14. The number of benzene rings is 1. The van der Waals surface area contributed by atoms with E-state index in [1.165, 1.54) is 0 Å². The lowest BCUT2D eigenvalue weighted by atomic mass is 10.0. The number of esters is 1. The van der Waals surface area contributed by atoms with Gasteiger partial charge in [-0.25, -0.2) is 9.97 Å². The third-order valence-electron chi connectivity index (χ3n) is 4.31. The highest BCUT2D eigenvalue weighted by atomic mass is 16.5. The zero-order valence-electron chi connectivity index (χ0n) is 15.1.